The molecule has 0 aromatic heterocycles. The highest BCUT2D eigenvalue weighted by atomic mass is 15.2. The average molecular weight is 627 g/mol. The van der Waals surface area contributed by atoms with E-state index in [1.54, 1.807) is 0 Å². The van der Waals surface area contributed by atoms with Gasteiger partial charge >= 0.3 is 0 Å². The van der Waals surface area contributed by atoms with Crippen LogP contribution in [0.1, 0.15) is 11.1 Å². The maximum Gasteiger partial charge on any atom is 0.0497 e. The predicted molar refractivity (Wildman–Crippen MR) is 207 cm³/mol. The number of hydrogen-bond donors (Lipinski definition) is 0. The Kier molecular flexibility index (Phi) is 7.25. The van der Waals surface area contributed by atoms with Crippen molar-refractivity contribution in [2.24, 2.45) is 0 Å². The average Bonchev–Trinajstić information content (AvgIpc) is 3.18. The van der Waals surface area contributed by atoms with Crippen molar-refractivity contribution in [3.8, 4) is 22.3 Å². The van der Waals surface area contributed by atoms with Crippen LogP contribution in [-0.2, 0) is 6.42 Å². The second-order valence-electron chi connectivity index (χ2n) is 12.6. The van der Waals surface area contributed by atoms with Gasteiger partial charge in [0, 0.05) is 40.5 Å². The highest BCUT2D eigenvalue weighted by molar-refractivity contribution is 5.90. The van der Waals surface area contributed by atoms with Gasteiger partial charge < -0.3 is 9.80 Å². The third-order valence-corrected chi connectivity index (χ3v) is 9.63. The van der Waals surface area contributed by atoms with E-state index in [1.165, 1.54) is 61.2 Å². The standard InChI is InChI=1S/C47H34N2/c1-3-11-34(12-4-1)36-19-27-44(28-20-36)49-46-18-10-9-15-40(46)32-41-31-39(24-30-47(41)49)37-21-25-43(26-22-37)48(42-16-5-2-6-17-42)45-29-23-35-13-7-8-14-38(35)33-45/h1-31,33H,32H2. The summed E-state index contributed by atoms with van der Waals surface area (Å²) in [4.78, 5) is 4.75. The highest BCUT2D eigenvalue weighted by Crippen LogP contribution is 2.45. The van der Waals surface area contributed by atoms with Crippen molar-refractivity contribution in [1.82, 2.24) is 0 Å². The van der Waals surface area contributed by atoms with Gasteiger partial charge in [-0.2, -0.15) is 0 Å². The Balaban J connectivity index is 1.06. The minimum Gasteiger partial charge on any atom is -0.310 e. The molecular formula is C47H34N2. The fourth-order valence-corrected chi connectivity index (χ4v) is 7.19. The fraction of sp³-hybridized carbons (Fsp3) is 0.0213. The molecule has 1 aliphatic heterocycles. The van der Waals surface area contributed by atoms with Gasteiger partial charge in [0.15, 0.2) is 0 Å². The SMILES string of the molecule is c1ccc(-c2ccc(N3c4ccccc4Cc4cc(-c5ccc(N(c6ccccc6)c6ccc7ccccc7c6)cc5)ccc43)cc2)cc1. The molecule has 0 fully saturated rings. The normalized spacial score (nSPS) is 12.0. The number of rotatable bonds is 6. The summed E-state index contributed by atoms with van der Waals surface area (Å²) in [6, 6.07) is 70.1. The second-order valence-corrected chi connectivity index (χ2v) is 12.6. The van der Waals surface area contributed by atoms with E-state index in [9.17, 15) is 0 Å². The lowest BCUT2D eigenvalue weighted by Crippen LogP contribution is -2.18. The van der Waals surface area contributed by atoms with E-state index in [2.05, 4.69) is 204 Å². The molecule has 0 N–H and O–H groups in total. The Morgan fingerprint density at radius 3 is 1.69 bits per heavy atom. The third-order valence-electron chi connectivity index (χ3n) is 9.63. The van der Waals surface area contributed by atoms with Crippen LogP contribution in [-0.4, -0.2) is 0 Å². The van der Waals surface area contributed by atoms with Crippen molar-refractivity contribution in [1.29, 1.82) is 0 Å². The molecule has 232 valence electrons. The van der Waals surface area contributed by atoms with Crippen LogP contribution in [0.25, 0.3) is 33.0 Å². The smallest absolute Gasteiger partial charge is 0.0497 e. The van der Waals surface area contributed by atoms with Gasteiger partial charge in [-0.05, 0) is 111 Å². The summed E-state index contributed by atoms with van der Waals surface area (Å²) < 4.78 is 0. The summed E-state index contributed by atoms with van der Waals surface area (Å²) in [5.74, 6) is 0. The highest BCUT2D eigenvalue weighted by Gasteiger charge is 2.24. The summed E-state index contributed by atoms with van der Waals surface area (Å²) >= 11 is 0. The molecule has 1 heterocycles. The van der Waals surface area contributed by atoms with Crippen LogP contribution in [0.3, 0.4) is 0 Å². The first-order valence-electron chi connectivity index (χ1n) is 16.9. The molecule has 1 aliphatic rings. The number of para-hydroxylation sites is 2. The molecule has 0 spiro atoms. The molecule has 0 atom stereocenters. The largest absolute Gasteiger partial charge is 0.310 e. The van der Waals surface area contributed by atoms with Gasteiger partial charge in [-0.3, -0.25) is 0 Å². The molecule has 8 aromatic carbocycles. The number of nitrogens with zero attached hydrogens (tertiary/aromatic N) is 2. The van der Waals surface area contributed by atoms with Crippen molar-refractivity contribution in [3.63, 3.8) is 0 Å². The molecule has 0 bridgehead atoms. The van der Waals surface area contributed by atoms with E-state index in [0.717, 1.165) is 23.5 Å². The molecule has 9 rings (SSSR count). The van der Waals surface area contributed by atoms with Crippen molar-refractivity contribution in [2.75, 3.05) is 9.80 Å². The molecule has 2 nitrogen and oxygen atoms in total. The summed E-state index contributed by atoms with van der Waals surface area (Å²) in [6.45, 7) is 0. The Morgan fingerprint density at radius 1 is 0.347 bits per heavy atom. The lowest BCUT2D eigenvalue weighted by Gasteiger charge is -2.34. The van der Waals surface area contributed by atoms with Gasteiger partial charge in [0.25, 0.3) is 0 Å². The minimum absolute atomic E-state index is 0.903. The van der Waals surface area contributed by atoms with Crippen molar-refractivity contribution >= 4 is 44.9 Å². The number of fused-ring (bicyclic) bond motifs is 3. The van der Waals surface area contributed by atoms with Crippen LogP contribution in [0.4, 0.5) is 34.1 Å². The molecular weight excluding hydrogens is 593 g/mol. The monoisotopic (exact) mass is 626 g/mol. The van der Waals surface area contributed by atoms with Gasteiger partial charge in [-0.25, -0.2) is 0 Å². The first-order chi connectivity index (χ1) is 24.3. The fourth-order valence-electron chi connectivity index (χ4n) is 7.19. The Morgan fingerprint density at radius 2 is 0.898 bits per heavy atom. The molecule has 0 amide bonds. The quantitative estimate of drug-likeness (QED) is 0.181. The maximum atomic E-state index is 2.41. The molecule has 49 heavy (non-hydrogen) atoms. The second kappa shape index (κ2) is 12.3. The molecule has 0 saturated heterocycles. The van der Waals surface area contributed by atoms with Crippen molar-refractivity contribution < 1.29 is 0 Å². The lowest BCUT2D eigenvalue weighted by atomic mass is 9.92. The zero-order chi connectivity index (χ0) is 32.6. The maximum absolute atomic E-state index is 2.41. The van der Waals surface area contributed by atoms with E-state index in [4.69, 9.17) is 0 Å². The van der Waals surface area contributed by atoms with E-state index < -0.39 is 0 Å². The van der Waals surface area contributed by atoms with Crippen LogP contribution < -0.4 is 9.80 Å². The van der Waals surface area contributed by atoms with Gasteiger partial charge in [-0.1, -0.05) is 127 Å². The van der Waals surface area contributed by atoms with Crippen LogP contribution in [0, 0.1) is 0 Å². The summed E-state index contributed by atoms with van der Waals surface area (Å²) in [5.41, 5.74) is 14.6. The van der Waals surface area contributed by atoms with E-state index >= 15 is 0 Å². The van der Waals surface area contributed by atoms with Gasteiger partial charge in [-0.15, -0.1) is 0 Å². The number of benzene rings is 8. The van der Waals surface area contributed by atoms with Crippen LogP contribution >= 0.6 is 0 Å². The van der Waals surface area contributed by atoms with Gasteiger partial charge in [0.05, 0.1) is 0 Å². The molecule has 0 unspecified atom stereocenters. The van der Waals surface area contributed by atoms with Crippen LogP contribution in [0.2, 0.25) is 0 Å². The zero-order valence-corrected chi connectivity index (χ0v) is 27.1. The lowest BCUT2D eigenvalue weighted by molar-refractivity contribution is 1.09. The van der Waals surface area contributed by atoms with E-state index in [1.807, 2.05) is 0 Å². The Bertz CT molecular complexity index is 2400. The topological polar surface area (TPSA) is 6.48 Å². The first kappa shape index (κ1) is 28.8. The van der Waals surface area contributed by atoms with Crippen molar-refractivity contribution in [3.05, 3.63) is 205 Å². The van der Waals surface area contributed by atoms with Crippen LogP contribution in [0.5, 0.6) is 0 Å². The molecule has 0 radical (unpaired) electrons. The predicted octanol–water partition coefficient (Wildman–Crippen LogP) is 13.0. The van der Waals surface area contributed by atoms with Crippen LogP contribution in [0.15, 0.2) is 194 Å². The van der Waals surface area contributed by atoms with Gasteiger partial charge in [0.1, 0.15) is 0 Å². The van der Waals surface area contributed by atoms with Crippen molar-refractivity contribution in [2.45, 2.75) is 6.42 Å². The summed E-state index contributed by atoms with van der Waals surface area (Å²) in [7, 11) is 0. The number of anilines is 6. The summed E-state index contributed by atoms with van der Waals surface area (Å²) in [5, 5.41) is 2.47. The van der Waals surface area contributed by atoms with E-state index in [-0.39, 0.29) is 0 Å². The first-order valence-corrected chi connectivity index (χ1v) is 16.9. The Labute approximate surface area is 287 Å². The zero-order valence-electron chi connectivity index (χ0n) is 27.1. The van der Waals surface area contributed by atoms with E-state index in [0.29, 0.717) is 0 Å². The molecule has 2 heteroatoms. The summed E-state index contributed by atoms with van der Waals surface area (Å²) in [6.07, 6.45) is 0.903. The third kappa shape index (κ3) is 5.44. The molecule has 0 aliphatic carbocycles. The Hall–Kier alpha value is -6.38. The van der Waals surface area contributed by atoms with Gasteiger partial charge in [0.2, 0.25) is 0 Å². The minimum atomic E-state index is 0.903. The molecule has 0 saturated carbocycles. The number of hydrogen-bond acceptors (Lipinski definition) is 2. The molecule has 8 aromatic rings.